The predicted molar refractivity (Wildman–Crippen MR) is 108 cm³/mol. The number of methoxy groups -OCH3 is 1. The summed E-state index contributed by atoms with van der Waals surface area (Å²) in [5.74, 6) is -0.772. The Hall–Kier alpha value is -2.83. The first-order valence-electron chi connectivity index (χ1n) is 8.28. The molecule has 2 aromatic carbocycles. The third kappa shape index (κ3) is 4.35. The van der Waals surface area contributed by atoms with Crippen LogP contribution in [0.25, 0.3) is 10.8 Å². The molecule has 0 bridgehead atoms. The van der Waals surface area contributed by atoms with E-state index in [1.807, 2.05) is 24.3 Å². The van der Waals surface area contributed by atoms with E-state index in [4.69, 9.17) is 32.7 Å². The number of benzene rings is 2. The molecule has 0 radical (unpaired) electrons. The van der Waals surface area contributed by atoms with Crippen LogP contribution in [-0.2, 0) is 9.53 Å². The van der Waals surface area contributed by atoms with Crippen LogP contribution in [0.2, 0.25) is 10.0 Å². The Morgan fingerprint density at radius 3 is 2.43 bits per heavy atom. The zero-order valence-corrected chi connectivity index (χ0v) is 16.5. The topological polar surface area (TPSA) is 77.5 Å². The fourth-order valence-electron chi connectivity index (χ4n) is 2.55. The van der Waals surface area contributed by atoms with Crippen LogP contribution in [0.4, 0.5) is 5.82 Å². The standard InChI is InChI=1S/C20H16Cl2N2O4/c1-11(19(25)24-18-16(22)9-14(21)10-23-18)28-20(26)15-7-12-5-3-4-6-13(12)8-17(15)27-2/h3-11H,1-2H3,(H,23,24,25). The Morgan fingerprint density at radius 1 is 1.11 bits per heavy atom. The molecule has 8 heteroatoms. The number of amides is 1. The molecule has 0 fully saturated rings. The van der Waals surface area contributed by atoms with E-state index in [2.05, 4.69) is 10.3 Å². The Kier molecular flexibility index (Phi) is 6.02. The van der Waals surface area contributed by atoms with E-state index in [1.54, 1.807) is 12.1 Å². The lowest BCUT2D eigenvalue weighted by molar-refractivity contribution is -0.123. The van der Waals surface area contributed by atoms with Crippen LogP contribution in [0, 0.1) is 0 Å². The number of nitrogens with zero attached hydrogens (tertiary/aromatic N) is 1. The fourth-order valence-corrected chi connectivity index (χ4v) is 2.98. The molecule has 1 aromatic heterocycles. The number of anilines is 1. The number of nitrogens with one attached hydrogen (secondary N) is 1. The highest BCUT2D eigenvalue weighted by Gasteiger charge is 2.23. The average Bonchev–Trinajstić information content (AvgIpc) is 2.68. The number of aromatic nitrogens is 1. The molecule has 3 rings (SSSR count). The van der Waals surface area contributed by atoms with E-state index < -0.39 is 18.0 Å². The molecule has 0 aliphatic rings. The largest absolute Gasteiger partial charge is 0.496 e. The third-order valence-electron chi connectivity index (χ3n) is 3.99. The summed E-state index contributed by atoms with van der Waals surface area (Å²) in [5.41, 5.74) is 0.225. The van der Waals surface area contributed by atoms with Crippen molar-refractivity contribution in [1.29, 1.82) is 0 Å². The minimum absolute atomic E-state index is 0.127. The van der Waals surface area contributed by atoms with Crippen molar-refractivity contribution in [1.82, 2.24) is 4.98 Å². The molecule has 6 nitrogen and oxygen atoms in total. The summed E-state index contributed by atoms with van der Waals surface area (Å²) >= 11 is 11.8. The Labute approximate surface area is 171 Å². The molecular weight excluding hydrogens is 403 g/mol. The SMILES string of the molecule is COc1cc2ccccc2cc1C(=O)OC(C)C(=O)Nc1ncc(Cl)cc1Cl. The lowest BCUT2D eigenvalue weighted by atomic mass is 10.1. The number of hydrogen-bond acceptors (Lipinski definition) is 5. The number of ether oxygens (including phenoxy) is 2. The Bertz CT molecular complexity index is 1060. The van der Waals surface area contributed by atoms with Gasteiger partial charge in [0.2, 0.25) is 0 Å². The van der Waals surface area contributed by atoms with E-state index in [0.717, 1.165) is 10.8 Å². The smallest absolute Gasteiger partial charge is 0.342 e. The number of pyridine rings is 1. The van der Waals surface area contributed by atoms with E-state index in [-0.39, 0.29) is 16.4 Å². The number of carbonyl (C=O) groups is 2. The van der Waals surface area contributed by atoms with Crippen molar-refractivity contribution in [2.75, 3.05) is 12.4 Å². The molecule has 0 aliphatic heterocycles. The molecule has 0 saturated heterocycles. The highest BCUT2D eigenvalue weighted by Crippen LogP contribution is 2.27. The highest BCUT2D eigenvalue weighted by molar-refractivity contribution is 6.36. The van der Waals surface area contributed by atoms with E-state index in [1.165, 1.54) is 26.3 Å². The zero-order chi connectivity index (χ0) is 20.3. The van der Waals surface area contributed by atoms with E-state index in [9.17, 15) is 9.59 Å². The van der Waals surface area contributed by atoms with Crippen LogP contribution >= 0.6 is 23.2 Å². The first kappa shape index (κ1) is 19.9. The van der Waals surface area contributed by atoms with Gasteiger partial charge in [0, 0.05) is 6.20 Å². The summed E-state index contributed by atoms with van der Waals surface area (Å²) in [4.78, 5) is 28.9. The molecule has 28 heavy (non-hydrogen) atoms. The molecule has 0 saturated carbocycles. The molecule has 144 valence electrons. The van der Waals surface area contributed by atoms with Gasteiger partial charge in [-0.1, -0.05) is 47.5 Å². The van der Waals surface area contributed by atoms with Gasteiger partial charge in [0.15, 0.2) is 11.9 Å². The van der Waals surface area contributed by atoms with Crippen LogP contribution in [0.1, 0.15) is 17.3 Å². The van der Waals surface area contributed by atoms with Crippen LogP contribution in [0.5, 0.6) is 5.75 Å². The summed E-state index contributed by atoms with van der Waals surface area (Å²) in [7, 11) is 1.46. The Morgan fingerprint density at radius 2 is 1.79 bits per heavy atom. The van der Waals surface area contributed by atoms with Crippen molar-refractivity contribution in [2.45, 2.75) is 13.0 Å². The second kappa shape index (κ2) is 8.46. The Balaban J connectivity index is 1.76. The van der Waals surface area contributed by atoms with Gasteiger partial charge < -0.3 is 14.8 Å². The van der Waals surface area contributed by atoms with Gasteiger partial charge in [-0.3, -0.25) is 4.79 Å². The van der Waals surface area contributed by atoms with Crippen molar-refractivity contribution >= 4 is 51.7 Å². The average molecular weight is 419 g/mol. The predicted octanol–water partition coefficient (Wildman–Crippen LogP) is 4.73. The van der Waals surface area contributed by atoms with E-state index in [0.29, 0.717) is 10.8 Å². The van der Waals surface area contributed by atoms with Crippen LogP contribution in [-0.4, -0.2) is 30.1 Å². The van der Waals surface area contributed by atoms with Crippen LogP contribution in [0.15, 0.2) is 48.7 Å². The maximum atomic E-state index is 12.6. The molecule has 0 aliphatic carbocycles. The minimum atomic E-state index is -1.09. The molecule has 1 N–H and O–H groups in total. The zero-order valence-electron chi connectivity index (χ0n) is 15.0. The van der Waals surface area contributed by atoms with Crippen molar-refractivity contribution in [3.05, 3.63) is 64.3 Å². The maximum absolute atomic E-state index is 12.6. The summed E-state index contributed by atoms with van der Waals surface area (Å²) < 4.78 is 10.6. The monoisotopic (exact) mass is 418 g/mol. The van der Waals surface area contributed by atoms with Crippen molar-refractivity contribution in [3.8, 4) is 5.75 Å². The van der Waals surface area contributed by atoms with Gasteiger partial charge in [-0.15, -0.1) is 0 Å². The molecule has 1 unspecified atom stereocenters. The molecule has 1 atom stereocenters. The number of rotatable bonds is 5. The van der Waals surface area contributed by atoms with Gasteiger partial charge in [-0.05, 0) is 35.9 Å². The van der Waals surface area contributed by atoms with Gasteiger partial charge in [0.05, 0.1) is 17.2 Å². The van der Waals surface area contributed by atoms with Crippen molar-refractivity contribution < 1.29 is 19.1 Å². The number of fused-ring (bicyclic) bond motifs is 1. The first-order chi connectivity index (χ1) is 13.4. The molecule has 0 spiro atoms. The van der Waals surface area contributed by atoms with Gasteiger partial charge in [-0.2, -0.15) is 0 Å². The number of esters is 1. The summed E-state index contributed by atoms with van der Waals surface area (Å²) in [6.07, 6.45) is 0.261. The van der Waals surface area contributed by atoms with Gasteiger partial charge in [-0.25, -0.2) is 9.78 Å². The second-order valence-electron chi connectivity index (χ2n) is 5.92. The molecule has 1 amide bonds. The minimum Gasteiger partial charge on any atom is -0.496 e. The normalized spacial score (nSPS) is 11.7. The molecule has 3 aromatic rings. The molecule has 1 heterocycles. The third-order valence-corrected chi connectivity index (χ3v) is 4.49. The fraction of sp³-hybridized carbons (Fsp3) is 0.150. The van der Waals surface area contributed by atoms with Gasteiger partial charge >= 0.3 is 5.97 Å². The van der Waals surface area contributed by atoms with Gasteiger partial charge in [0.25, 0.3) is 5.91 Å². The van der Waals surface area contributed by atoms with Crippen LogP contribution in [0.3, 0.4) is 0 Å². The van der Waals surface area contributed by atoms with Crippen molar-refractivity contribution in [2.24, 2.45) is 0 Å². The number of hydrogen-bond donors (Lipinski definition) is 1. The molecular formula is C20H16Cl2N2O4. The lowest BCUT2D eigenvalue weighted by Crippen LogP contribution is -2.30. The lowest BCUT2D eigenvalue weighted by Gasteiger charge is -2.15. The second-order valence-corrected chi connectivity index (χ2v) is 6.76. The van der Waals surface area contributed by atoms with E-state index >= 15 is 0 Å². The number of halogens is 2. The highest BCUT2D eigenvalue weighted by atomic mass is 35.5. The quantitative estimate of drug-likeness (QED) is 0.605. The first-order valence-corrected chi connectivity index (χ1v) is 9.04. The summed E-state index contributed by atoms with van der Waals surface area (Å²) in [5, 5.41) is 4.79. The summed E-state index contributed by atoms with van der Waals surface area (Å²) in [6, 6.07) is 12.4. The van der Waals surface area contributed by atoms with Crippen LogP contribution < -0.4 is 10.1 Å². The van der Waals surface area contributed by atoms with Crippen molar-refractivity contribution in [3.63, 3.8) is 0 Å². The maximum Gasteiger partial charge on any atom is 0.342 e. The summed E-state index contributed by atoms with van der Waals surface area (Å²) in [6.45, 7) is 1.45. The number of carbonyl (C=O) groups excluding carboxylic acids is 2. The van der Waals surface area contributed by atoms with Gasteiger partial charge in [0.1, 0.15) is 11.3 Å².